The molecule has 0 spiro atoms. The van der Waals surface area contributed by atoms with Crippen molar-refractivity contribution in [3.63, 3.8) is 0 Å². The first kappa shape index (κ1) is 19.0. The van der Waals surface area contributed by atoms with Crippen LogP contribution in [0.15, 0.2) is 103 Å². The predicted octanol–water partition coefficient (Wildman–Crippen LogP) is 7.73. The Labute approximate surface area is 174 Å². The van der Waals surface area contributed by atoms with Crippen LogP contribution in [0.25, 0.3) is 17.2 Å². The van der Waals surface area contributed by atoms with E-state index in [0.29, 0.717) is 0 Å². The molecule has 0 heteroatoms. The topological polar surface area (TPSA) is 0 Å². The van der Waals surface area contributed by atoms with Crippen LogP contribution in [-0.2, 0) is 0 Å². The highest BCUT2D eigenvalue weighted by molar-refractivity contribution is 6.09. The van der Waals surface area contributed by atoms with Crippen LogP contribution in [0.2, 0.25) is 0 Å². The van der Waals surface area contributed by atoms with Gasteiger partial charge in [-0.15, -0.1) is 0 Å². The van der Waals surface area contributed by atoms with Crippen molar-refractivity contribution in [3.05, 3.63) is 136 Å². The van der Waals surface area contributed by atoms with E-state index in [-0.39, 0.29) is 0 Å². The minimum atomic E-state index is 1.22. The van der Waals surface area contributed by atoms with Gasteiger partial charge in [0.05, 0.1) is 0 Å². The molecule has 4 rings (SSSR count). The molecule has 0 radical (unpaired) electrons. The third-order valence-corrected chi connectivity index (χ3v) is 5.29. The fourth-order valence-corrected chi connectivity index (χ4v) is 3.52. The van der Waals surface area contributed by atoms with Gasteiger partial charge in [0.25, 0.3) is 0 Å². The van der Waals surface area contributed by atoms with Crippen LogP contribution in [0.3, 0.4) is 0 Å². The summed E-state index contributed by atoms with van der Waals surface area (Å²) in [6, 6.07) is 26.2. The summed E-state index contributed by atoms with van der Waals surface area (Å²) in [6.07, 6.45) is 11.1. The molecular formula is C29H26. The van der Waals surface area contributed by atoms with Crippen molar-refractivity contribution in [1.82, 2.24) is 0 Å². The van der Waals surface area contributed by atoms with E-state index in [1.54, 1.807) is 0 Å². The smallest absolute Gasteiger partial charge is 0.00992 e. The largest absolute Gasteiger partial charge is 0.0611 e. The Morgan fingerprint density at radius 3 is 1.38 bits per heavy atom. The van der Waals surface area contributed by atoms with Gasteiger partial charge in [-0.1, -0.05) is 108 Å². The normalized spacial score (nSPS) is 13.6. The fourth-order valence-electron chi connectivity index (χ4n) is 3.52. The summed E-state index contributed by atoms with van der Waals surface area (Å²) in [7, 11) is 0. The van der Waals surface area contributed by atoms with E-state index in [1.165, 1.54) is 50.1 Å². The van der Waals surface area contributed by atoms with Crippen molar-refractivity contribution in [1.29, 1.82) is 0 Å². The molecule has 3 aromatic carbocycles. The summed E-state index contributed by atoms with van der Waals surface area (Å²) in [5.74, 6) is 0. The fraction of sp³-hybridized carbons (Fsp3) is 0.103. The molecule has 0 N–H and O–H groups in total. The van der Waals surface area contributed by atoms with Crippen LogP contribution in [0, 0.1) is 20.8 Å². The number of allylic oxidation sites excluding steroid dienone is 7. The highest BCUT2D eigenvalue weighted by Gasteiger charge is 2.16. The standard InChI is InChI=1S/C29H26/c1-21-7-13-24(14-8-21)5-4-6-25-19-28(26-15-9-22(2)10-16-26)29(20-25)27-17-11-23(3)12-18-27/h4-20H,1-3H3/b5-4+. The average molecular weight is 375 g/mol. The molecule has 0 aromatic heterocycles. The van der Waals surface area contributed by atoms with Crippen molar-refractivity contribution in [2.75, 3.05) is 0 Å². The summed E-state index contributed by atoms with van der Waals surface area (Å²) >= 11 is 0. The summed E-state index contributed by atoms with van der Waals surface area (Å²) in [4.78, 5) is 0. The van der Waals surface area contributed by atoms with Gasteiger partial charge in [-0.05, 0) is 66.3 Å². The van der Waals surface area contributed by atoms with Gasteiger partial charge < -0.3 is 0 Å². The molecule has 142 valence electrons. The zero-order chi connectivity index (χ0) is 20.2. The minimum Gasteiger partial charge on any atom is -0.0611 e. The van der Waals surface area contributed by atoms with Crippen LogP contribution in [0.5, 0.6) is 0 Å². The third kappa shape index (κ3) is 4.55. The van der Waals surface area contributed by atoms with E-state index in [0.717, 1.165) is 0 Å². The molecule has 29 heavy (non-hydrogen) atoms. The van der Waals surface area contributed by atoms with Crippen LogP contribution >= 0.6 is 0 Å². The Balaban J connectivity index is 1.69. The molecule has 0 saturated heterocycles. The number of hydrogen-bond acceptors (Lipinski definition) is 0. The average Bonchev–Trinajstić information content (AvgIpc) is 3.15. The molecule has 0 atom stereocenters. The van der Waals surface area contributed by atoms with E-state index < -0.39 is 0 Å². The van der Waals surface area contributed by atoms with Crippen molar-refractivity contribution in [3.8, 4) is 0 Å². The minimum absolute atomic E-state index is 1.22. The lowest BCUT2D eigenvalue weighted by Crippen LogP contribution is -1.88. The monoisotopic (exact) mass is 374 g/mol. The third-order valence-electron chi connectivity index (χ3n) is 5.29. The lowest BCUT2D eigenvalue weighted by atomic mass is 9.94. The van der Waals surface area contributed by atoms with Gasteiger partial charge in [0.2, 0.25) is 0 Å². The molecule has 0 heterocycles. The Kier molecular flexibility index (Phi) is 5.44. The van der Waals surface area contributed by atoms with Crippen LogP contribution < -0.4 is 0 Å². The van der Waals surface area contributed by atoms with E-state index in [4.69, 9.17) is 0 Å². The zero-order valence-corrected chi connectivity index (χ0v) is 17.3. The number of rotatable bonds is 4. The highest BCUT2D eigenvalue weighted by atomic mass is 14.2. The molecular weight excluding hydrogens is 348 g/mol. The Hall–Kier alpha value is -3.38. The van der Waals surface area contributed by atoms with Gasteiger partial charge in [0, 0.05) is 0 Å². The summed E-state index contributed by atoms with van der Waals surface area (Å²) in [5, 5.41) is 0. The second-order valence-corrected chi connectivity index (χ2v) is 7.78. The summed E-state index contributed by atoms with van der Waals surface area (Å²) in [5.41, 5.74) is 11.4. The first-order chi connectivity index (χ1) is 14.1. The molecule has 0 aliphatic heterocycles. The van der Waals surface area contributed by atoms with E-state index in [2.05, 4.69) is 124 Å². The molecule has 0 amide bonds. The first-order valence-electron chi connectivity index (χ1n) is 10.1. The maximum Gasteiger partial charge on any atom is -0.00992 e. The predicted molar refractivity (Wildman–Crippen MR) is 127 cm³/mol. The zero-order valence-electron chi connectivity index (χ0n) is 17.3. The van der Waals surface area contributed by atoms with Gasteiger partial charge in [0.1, 0.15) is 0 Å². The number of hydrogen-bond donors (Lipinski definition) is 0. The van der Waals surface area contributed by atoms with Crippen LogP contribution in [0.4, 0.5) is 0 Å². The van der Waals surface area contributed by atoms with Gasteiger partial charge in [-0.25, -0.2) is 0 Å². The van der Waals surface area contributed by atoms with Gasteiger partial charge in [0.15, 0.2) is 0 Å². The molecule has 0 bridgehead atoms. The Morgan fingerprint density at radius 2 is 0.931 bits per heavy atom. The van der Waals surface area contributed by atoms with Crippen molar-refractivity contribution in [2.45, 2.75) is 20.8 Å². The second kappa shape index (κ2) is 8.32. The summed E-state index contributed by atoms with van der Waals surface area (Å²) in [6.45, 7) is 6.37. The van der Waals surface area contributed by atoms with Gasteiger partial charge >= 0.3 is 0 Å². The van der Waals surface area contributed by atoms with Crippen molar-refractivity contribution >= 4 is 17.2 Å². The maximum atomic E-state index is 2.29. The van der Waals surface area contributed by atoms with Crippen LogP contribution in [0.1, 0.15) is 33.4 Å². The quantitative estimate of drug-likeness (QED) is 0.438. The summed E-state index contributed by atoms with van der Waals surface area (Å²) < 4.78 is 0. The molecule has 1 aliphatic carbocycles. The SMILES string of the molecule is Cc1ccc(/C=C/C=C2C=C(c3ccc(C)cc3)C(c3ccc(C)cc3)=C2)cc1. The van der Waals surface area contributed by atoms with Gasteiger partial charge in [-0.3, -0.25) is 0 Å². The highest BCUT2D eigenvalue weighted by Crippen LogP contribution is 2.38. The number of benzene rings is 3. The van der Waals surface area contributed by atoms with Crippen molar-refractivity contribution < 1.29 is 0 Å². The Morgan fingerprint density at radius 1 is 0.517 bits per heavy atom. The molecule has 0 fully saturated rings. The van der Waals surface area contributed by atoms with Gasteiger partial charge in [-0.2, -0.15) is 0 Å². The lowest BCUT2D eigenvalue weighted by molar-refractivity contribution is 1.44. The van der Waals surface area contributed by atoms with E-state index >= 15 is 0 Å². The van der Waals surface area contributed by atoms with Crippen LogP contribution in [-0.4, -0.2) is 0 Å². The maximum absolute atomic E-state index is 2.29. The molecule has 0 saturated carbocycles. The molecule has 0 nitrogen and oxygen atoms in total. The van der Waals surface area contributed by atoms with Crippen molar-refractivity contribution in [2.24, 2.45) is 0 Å². The van der Waals surface area contributed by atoms with E-state index in [9.17, 15) is 0 Å². The lowest BCUT2D eigenvalue weighted by Gasteiger charge is -2.10. The van der Waals surface area contributed by atoms with E-state index in [1.807, 2.05) is 0 Å². The molecule has 3 aromatic rings. The second-order valence-electron chi connectivity index (χ2n) is 7.78. The molecule has 0 unspecified atom stereocenters. The first-order valence-corrected chi connectivity index (χ1v) is 10.1. The molecule has 1 aliphatic rings. The Bertz CT molecular complexity index is 1050. The number of aryl methyl sites for hydroxylation is 3.